The molecule has 6 fully saturated rings. The first-order chi connectivity index (χ1) is 13.0. The van der Waals surface area contributed by atoms with E-state index in [1.807, 2.05) is 4.90 Å². The Morgan fingerprint density at radius 3 is 2.07 bits per heavy atom. The summed E-state index contributed by atoms with van der Waals surface area (Å²) in [6.45, 7) is 0.752. The van der Waals surface area contributed by atoms with Gasteiger partial charge in [-0.3, -0.25) is 9.59 Å². The maximum atomic E-state index is 13.7. The van der Waals surface area contributed by atoms with Gasteiger partial charge in [0.25, 0.3) is 0 Å². The number of hydrogen-bond donors (Lipinski definition) is 2. The number of carbonyl (C=O) groups excluding carboxylic acids is 2. The fourth-order valence-electron chi connectivity index (χ4n) is 7.48. The summed E-state index contributed by atoms with van der Waals surface area (Å²) in [6, 6.07) is -0.102. The van der Waals surface area contributed by atoms with Crippen LogP contribution in [0.4, 0.5) is 0 Å². The van der Waals surface area contributed by atoms with E-state index in [9.17, 15) is 14.7 Å². The highest BCUT2D eigenvalue weighted by atomic mass is 16.3. The minimum Gasteiger partial charge on any atom is -0.393 e. The molecule has 5 nitrogen and oxygen atoms in total. The zero-order valence-electron chi connectivity index (χ0n) is 16.4. The molecule has 1 heterocycles. The predicted molar refractivity (Wildman–Crippen MR) is 102 cm³/mol. The van der Waals surface area contributed by atoms with Gasteiger partial charge in [0.2, 0.25) is 11.8 Å². The minimum absolute atomic E-state index is 0.0481. The van der Waals surface area contributed by atoms with Gasteiger partial charge in [-0.15, -0.1) is 0 Å². The van der Waals surface area contributed by atoms with Crippen LogP contribution in [0.5, 0.6) is 0 Å². The van der Waals surface area contributed by atoms with Gasteiger partial charge < -0.3 is 15.3 Å². The van der Waals surface area contributed by atoms with Gasteiger partial charge in [0.15, 0.2) is 0 Å². The Kier molecular flexibility index (Phi) is 4.49. The Labute approximate surface area is 162 Å². The molecule has 6 aliphatic rings. The zero-order chi connectivity index (χ0) is 18.6. The quantitative estimate of drug-likeness (QED) is 0.798. The average Bonchev–Trinajstić information content (AvgIpc) is 3.11. The van der Waals surface area contributed by atoms with Gasteiger partial charge in [0.05, 0.1) is 11.5 Å². The molecule has 1 saturated heterocycles. The van der Waals surface area contributed by atoms with Crippen molar-refractivity contribution in [2.75, 3.05) is 6.54 Å². The number of likely N-dealkylation sites (tertiary alicyclic amines) is 1. The minimum atomic E-state index is -0.266. The summed E-state index contributed by atoms with van der Waals surface area (Å²) in [4.78, 5) is 28.6. The number of nitrogens with zero attached hydrogens (tertiary/aromatic N) is 1. The van der Waals surface area contributed by atoms with Crippen molar-refractivity contribution < 1.29 is 14.7 Å². The molecule has 0 aromatic heterocycles. The molecule has 0 aromatic rings. The number of hydrogen-bond acceptors (Lipinski definition) is 3. The molecule has 150 valence electrons. The topological polar surface area (TPSA) is 69.6 Å². The summed E-state index contributed by atoms with van der Waals surface area (Å²) in [5.41, 5.74) is -0.146. The van der Waals surface area contributed by atoms with Gasteiger partial charge in [0, 0.05) is 12.6 Å². The van der Waals surface area contributed by atoms with E-state index in [4.69, 9.17) is 0 Å². The molecule has 2 amide bonds. The van der Waals surface area contributed by atoms with E-state index in [1.165, 1.54) is 19.3 Å². The fraction of sp³-hybridized carbons (Fsp3) is 0.909. The first-order valence-electron chi connectivity index (χ1n) is 11.3. The number of rotatable bonds is 3. The largest absolute Gasteiger partial charge is 0.393 e. The van der Waals surface area contributed by atoms with E-state index in [0.717, 1.165) is 82.1 Å². The lowest BCUT2D eigenvalue weighted by atomic mass is 9.49. The lowest BCUT2D eigenvalue weighted by Gasteiger charge is -2.56. The smallest absolute Gasteiger partial charge is 0.243 e. The first kappa shape index (κ1) is 18.0. The van der Waals surface area contributed by atoms with Crippen molar-refractivity contribution in [3.8, 4) is 0 Å². The van der Waals surface area contributed by atoms with E-state index in [1.54, 1.807) is 0 Å². The number of amides is 2. The second-order valence-corrected chi connectivity index (χ2v) is 10.4. The molecule has 0 radical (unpaired) electrons. The molecule has 0 aromatic carbocycles. The molecule has 5 heteroatoms. The summed E-state index contributed by atoms with van der Waals surface area (Å²) in [5, 5.41) is 12.9. The highest BCUT2D eigenvalue weighted by molar-refractivity contribution is 5.91. The van der Waals surface area contributed by atoms with Crippen molar-refractivity contribution in [1.29, 1.82) is 0 Å². The molecule has 5 saturated carbocycles. The predicted octanol–water partition coefficient (Wildman–Crippen LogP) is 2.61. The molecule has 6 rings (SSSR count). The van der Waals surface area contributed by atoms with Crippen molar-refractivity contribution in [2.45, 2.75) is 95.2 Å². The van der Waals surface area contributed by atoms with Crippen LogP contribution in [-0.2, 0) is 9.59 Å². The molecule has 0 spiro atoms. The van der Waals surface area contributed by atoms with Crippen molar-refractivity contribution in [3.63, 3.8) is 0 Å². The molecular weight excluding hydrogens is 340 g/mol. The normalized spacial score (nSPS) is 45.9. The van der Waals surface area contributed by atoms with Crippen LogP contribution in [0, 0.1) is 23.2 Å². The molecule has 4 bridgehead atoms. The summed E-state index contributed by atoms with van der Waals surface area (Å²) >= 11 is 0. The average molecular weight is 375 g/mol. The lowest BCUT2D eigenvalue weighted by Crippen LogP contribution is -2.57. The van der Waals surface area contributed by atoms with Gasteiger partial charge in [0.1, 0.15) is 6.04 Å². The van der Waals surface area contributed by atoms with Crippen LogP contribution < -0.4 is 5.32 Å². The summed E-state index contributed by atoms with van der Waals surface area (Å²) in [6.07, 6.45) is 12.0. The SMILES string of the molecule is O=C(NC1CCC(O)CC1)C1CCCN1C(=O)C12CC3CC(CC(C3)C1)C2. The highest BCUT2D eigenvalue weighted by Crippen LogP contribution is 2.60. The third-order valence-electron chi connectivity index (χ3n) is 8.35. The highest BCUT2D eigenvalue weighted by Gasteiger charge is 2.56. The second-order valence-electron chi connectivity index (χ2n) is 10.4. The maximum Gasteiger partial charge on any atom is 0.243 e. The Morgan fingerprint density at radius 2 is 1.48 bits per heavy atom. The molecule has 27 heavy (non-hydrogen) atoms. The number of aliphatic hydroxyl groups excluding tert-OH is 1. The van der Waals surface area contributed by atoms with Crippen molar-refractivity contribution in [1.82, 2.24) is 10.2 Å². The van der Waals surface area contributed by atoms with Crippen LogP contribution in [0.2, 0.25) is 0 Å². The van der Waals surface area contributed by atoms with Gasteiger partial charge in [-0.05, 0) is 94.8 Å². The van der Waals surface area contributed by atoms with Crippen LogP contribution in [0.3, 0.4) is 0 Å². The number of aliphatic hydroxyl groups is 1. The van der Waals surface area contributed by atoms with E-state index >= 15 is 0 Å². The van der Waals surface area contributed by atoms with Crippen molar-refractivity contribution in [2.24, 2.45) is 23.2 Å². The number of carbonyl (C=O) groups is 2. The Morgan fingerprint density at radius 1 is 0.889 bits per heavy atom. The van der Waals surface area contributed by atoms with Crippen LogP contribution >= 0.6 is 0 Å². The van der Waals surface area contributed by atoms with E-state index < -0.39 is 0 Å². The van der Waals surface area contributed by atoms with Crippen LogP contribution in [-0.4, -0.2) is 46.6 Å². The molecule has 5 aliphatic carbocycles. The first-order valence-corrected chi connectivity index (χ1v) is 11.3. The fourth-order valence-corrected chi connectivity index (χ4v) is 7.48. The Hall–Kier alpha value is -1.10. The Balaban J connectivity index is 1.27. The zero-order valence-corrected chi connectivity index (χ0v) is 16.4. The molecule has 1 aliphatic heterocycles. The third-order valence-corrected chi connectivity index (χ3v) is 8.35. The molecule has 1 atom stereocenters. The van der Waals surface area contributed by atoms with Gasteiger partial charge >= 0.3 is 0 Å². The standard InChI is InChI=1S/C22H34N2O3/c25-18-5-3-17(4-6-18)23-20(26)19-2-1-7-24(19)21(27)22-11-14-8-15(12-22)10-16(9-14)13-22/h14-19,25H,1-13H2,(H,23,26). The maximum absolute atomic E-state index is 13.7. The van der Waals surface area contributed by atoms with Crippen molar-refractivity contribution >= 4 is 11.8 Å². The van der Waals surface area contributed by atoms with Crippen molar-refractivity contribution in [3.05, 3.63) is 0 Å². The van der Waals surface area contributed by atoms with Gasteiger partial charge in [-0.2, -0.15) is 0 Å². The summed E-state index contributed by atoms with van der Waals surface area (Å²) in [5.74, 6) is 2.61. The van der Waals surface area contributed by atoms with Crippen LogP contribution in [0.25, 0.3) is 0 Å². The second kappa shape index (κ2) is 6.75. The van der Waals surface area contributed by atoms with Crippen LogP contribution in [0.1, 0.15) is 77.0 Å². The third kappa shape index (κ3) is 3.20. The monoisotopic (exact) mass is 374 g/mol. The van der Waals surface area contributed by atoms with Gasteiger partial charge in [-0.25, -0.2) is 0 Å². The summed E-state index contributed by atoms with van der Waals surface area (Å²) in [7, 11) is 0. The van der Waals surface area contributed by atoms with Gasteiger partial charge in [-0.1, -0.05) is 0 Å². The van der Waals surface area contributed by atoms with Crippen LogP contribution in [0.15, 0.2) is 0 Å². The van der Waals surface area contributed by atoms with E-state index in [0.29, 0.717) is 5.91 Å². The Bertz CT molecular complexity index is 575. The summed E-state index contributed by atoms with van der Waals surface area (Å²) < 4.78 is 0. The molecule has 1 unspecified atom stereocenters. The molecule has 2 N–H and O–H groups in total. The van der Waals surface area contributed by atoms with E-state index in [-0.39, 0.29) is 29.5 Å². The van der Waals surface area contributed by atoms with E-state index in [2.05, 4.69) is 5.32 Å². The molecular formula is C22H34N2O3. The lowest BCUT2D eigenvalue weighted by molar-refractivity contribution is -0.160. The number of nitrogens with one attached hydrogen (secondary N) is 1.